The van der Waals surface area contributed by atoms with E-state index in [1.54, 1.807) is 0 Å². The Kier molecular flexibility index (Phi) is 5.13. The molecule has 116 valence electrons. The number of carbonyl (C=O) groups is 2. The normalized spacial score (nSPS) is 21.2. The molecule has 2 amide bonds. The van der Waals surface area contributed by atoms with E-state index in [-0.39, 0.29) is 17.3 Å². The van der Waals surface area contributed by atoms with Crippen molar-refractivity contribution in [3.8, 4) is 0 Å². The number of hydrogen-bond donors (Lipinski definition) is 3. The number of thiazole rings is 1. The molecule has 0 aliphatic carbocycles. The Morgan fingerprint density at radius 3 is 2.95 bits per heavy atom. The van der Waals surface area contributed by atoms with Gasteiger partial charge in [-0.25, -0.2) is 14.6 Å². The van der Waals surface area contributed by atoms with E-state index in [4.69, 9.17) is 9.84 Å². The molecule has 1 aromatic heterocycles. The lowest BCUT2D eigenvalue weighted by atomic mass is 10.0. The number of rotatable bonds is 6. The van der Waals surface area contributed by atoms with Gasteiger partial charge in [0.15, 0.2) is 5.69 Å². The van der Waals surface area contributed by atoms with Gasteiger partial charge in [-0.15, -0.1) is 11.3 Å². The molecule has 3 N–H and O–H groups in total. The van der Waals surface area contributed by atoms with E-state index in [1.807, 2.05) is 6.92 Å². The molecule has 2 heterocycles. The van der Waals surface area contributed by atoms with Gasteiger partial charge in [0.2, 0.25) is 0 Å². The first kappa shape index (κ1) is 15.7. The van der Waals surface area contributed by atoms with Gasteiger partial charge in [-0.1, -0.05) is 0 Å². The standard InChI is InChI=1S/C13H19N3O4S/c1-13(4-2-6-20-13)8-15-12(19)14-5-3-10-16-9(7-21-10)11(17)18/h7H,2-6,8H2,1H3,(H,17,18)(H2,14,15,19). The number of carboxylic acids is 1. The summed E-state index contributed by atoms with van der Waals surface area (Å²) in [5, 5.41) is 16.5. The van der Waals surface area contributed by atoms with E-state index < -0.39 is 5.97 Å². The summed E-state index contributed by atoms with van der Waals surface area (Å²) in [7, 11) is 0. The summed E-state index contributed by atoms with van der Waals surface area (Å²) in [4.78, 5) is 26.3. The van der Waals surface area contributed by atoms with Crippen LogP contribution in [0.1, 0.15) is 35.3 Å². The van der Waals surface area contributed by atoms with E-state index >= 15 is 0 Å². The summed E-state index contributed by atoms with van der Waals surface area (Å²) >= 11 is 1.28. The smallest absolute Gasteiger partial charge is 0.355 e. The Morgan fingerprint density at radius 1 is 1.52 bits per heavy atom. The van der Waals surface area contributed by atoms with Crippen LogP contribution in [-0.4, -0.2) is 47.4 Å². The minimum Gasteiger partial charge on any atom is -0.476 e. The van der Waals surface area contributed by atoms with E-state index in [0.29, 0.717) is 24.5 Å². The predicted octanol–water partition coefficient (Wildman–Crippen LogP) is 1.25. The lowest BCUT2D eigenvalue weighted by Gasteiger charge is -2.23. The molecule has 1 atom stereocenters. The van der Waals surface area contributed by atoms with Crippen LogP contribution in [0.25, 0.3) is 0 Å². The first-order valence-electron chi connectivity index (χ1n) is 6.82. The van der Waals surface area contributed by atoms with Crippen molar-refractivity contribution in [3.63, 3.8) is 0 Å². The van der Waals surface area contributed by atoms with Crippen LogP contribution in [0.3, 0.4) is 0 Å². The van der Waals surface area contributed by atoms with Crippen molar-refractivity contribution in [2.45, 2.75) is 31.8 Å². The predicted molar refractivity (Wildman–Crippen MR) is 77.8 cm³/mol. The molecular weight excluding hydrogens is 294 g/mol. The summed E-state index contributed by atoms with van der Waals surface area (Å²) in [5.74, 6) is -1.03. The molecule has 2 rings (SSSR count). The maximum Gasteiger partial charge on any atom is 0.355 e. The van der Waals surface area contributed by atoms with Crippen LogP contribution in [0.5, 0.6) is 0 Å². The third-order valence-corrected chi connectivity index (χ3v) is 4.23. The van der Waals surface area contributed by atoms with E-state index in [9.17, 15) is 9.59 Å². The molecular formula is C13H19N3O4S. The van der Waals surface area contributed by atoms with Crippen molar-refractivity contribution >= 4 is 23.3 Å². The number of amides is 2. The maximum atomic E-state index is 11.7. The molecule has 7 nitrogen and oxygen atoms in total. The lowest BCUT2D eigenvalue weighted by Crippen LogP contribution is -2.44. The molecule has 8 heteroatoms. The number of nitrogens with zero attached hydrogens (tertiary/aromatic N) is 1. The number of aromatic nitrogens is 1. The topological polar surface area (TPSA) is 101 Å². The Bertz CT molecular complexity index is 511. The van der Waals surface area contributed by atoms with Crippen LogP contribution in [0, 0.1) is 0 Å². The van der Waals surface area contributed by atoms with Gasteiger partial charge in [0.05, 0.1) is 10.6 Å². The van der Waals surface area contributed by atoms with E-state index in [2.05, 4.69) is 15.6 Å². The molecule has 1 fully saturated rings. The Balaban J connectivity index is 1.65. The largest absolute Gasteiger partial charge is 0.476 e. The Morgan fingerprint density at radius 2 is 2.33 bits per heavy atom. The SMILES string of the molecule is CC1(CNC(=O)NCCc2nc(C(=O)O)cs2)CCCO1. The van der Waals surface area contributed by atoms with Crippen molar-refractivity contribution in [1.29, 1.82) is 0 Å². The zero-order valence-corrected chi connectivity index (χ0v) is 12.7. The van der Waals surface area contributed by atoms with Gasteiger partial charge < -0.3 is 20.5 Å². The van der Waals surface area contributed by atoms with Crippen molar-refractivity contribution in [1.82, 2.24) is 15.6 Å². The van der Waals surface area contributed by atoms with Gasteiger partial charge in [0.1, 0.15) is 0 Å². The van der Waals surface area contributed by atoms with Gasteiger partial charge in [-0.05, 0) is 19.8 Å². The Hall–Kier alpha value is -1.67. The van der Waals surface area contributed by atoms with Crippen LogP contribution in [0.2, 0.25) is 0 Å². The molecule has 0 spiro atoms. The first-order valence-corrected chi connectivity index (χ1v) is 7.70. The first-order chi connectivity index (χ1) is 9.98. The van der Waals surface area contributed by atoms with Crippen molar-refractivity contribution < 1.29 is 19.4 Å². The van der Waals surface area contributed by atoms with Crippen LogP contribution in [0.4, 0.5) is 4.79 Å². The second-order valence-electron chi connectivity index (χ2n) is 5.19. The number of hydrogen-bond acceptors (Lipinski definition) is 5. The molecule has 1 aliphatic rings. The molecule has 21 heavy (non-hydrogen) atoms. The second-order valence-corrected chi connectivity index (χ2v) is 6.14. The van der Waals surface area contributed by atoms with Gasteiger partial charge in [0, 0.05) is 31.5 Å². The average molecular weight is 313 g/mol. The minimum absolute atomic E-state index is 0.0470. The van der Waals surface area contributed by atoms with Gasteiger partial charge >= 0.3 is 12.0 Å². The summed E-state index contributed by atoms with van der Waals surface area (Å²) in [5.41, 5.74) is -0.214. The second kappa shape index (κ2) is 6.86. The molecule has 0 aromatic carbocycles. The monoisotopic (exact) mass is 313 g/mol. The highest BCUT2D eigenvalue weighted by Gasteiger charge is 2.29. The summed E-state index contributed by atoms with van der Waals surface area (Å²) in [6.07, 6.45) is 2.49. The zero-order valence-electron chi connectivity index (χ0n) is 11.8. The fourth-order valence-corrected chi connectivity index (χ4v) is 2.89. The van der Waals surface area contributed by atoms with E-state index in [1.165, 1.54) is 16.7 Å². The minimum atomic E-state index is -1.03. The van der Waals surface area contributed by atoms with Crippen LogP contribution >= 0.6 is 11.3 Å². The van der Waals surface area contributed by atoms with Gasteiger partial charge in [-0.2, -0.15) is 0 Å². The highest BCUT2D eigenvalue weighted by atomic mass is 32.1. The molecule has 1 saturated heterocycles. The molecule has 0 bridgehead atoms. The molecule has 1 aromatic rings. The fourth-order valence-electron chi connectivity index (χ4n) is 2.11. The zero-order chi connectivity index (χ0) is 15.3. The third kappa shape index (κ3) is 4.68. The van der Waals surface area contributed by atoms with Crippen molar-refractivity contribution in [2.75, 3.05) is 19.7 Å². The molecule has 1 unspecified atom stereocenters. The number of aromatic carboxylic acids is 1. The number of carbonyl (C=O) groups excluding carboxylic acids is 1. The van der Waals surface area contributed by atoms with Gasteiger partial charge in [-0.3, -0.25) is 0 Å². The maximum absolute atomic E-state index is 11.7. The highest BCUT2D eigenvalue weighted by molar-refractivity contribution is 7.09. The summed E-state index contributed by atoms with van der Waals surface area (Å²) in [6.45, 7) is 3.63. The average Bonchev–Trinajstić information content (AvgIpc) is 3.06. The molecule has 0 radical (unpaired) electrons. The fraction of sp³-hybridized carbons (Fsp3) is 0.615. The Labute approximate surface area is 126 Å². The van der Waals surface area contributed by atoms with Crippen LogP contribution < -0.4 is 10.6 Å². The number of urea groups is 1. The summed E-state index contributed by atoms with van der Waals surface area (Å²) < 4.78 is 5.58. The summed E-state index contributed by atoms with van der Waals surface area (Å²) in [6, 6.07) is -0.248. The van der Waals surface area contributed by atoms with Crippen LogP contribution in [0.15, 0.2) is 5.38 Å². The van der Waals surface area contributed by atoms with E-state index in [0.717, 1.165) is 19.4 Å². The number of carboxylic acid groups (broad SMARTS) is 1. The molecule has 0 saturated carbocycles. The highest BCUT2D eigenvalue weighted by Crippen LogP contribution is 2.23. The van der Waals surface area contributed by atoms with Gasteiger partial charge in [0.25, 0.3) is 0 Å². The molecule has 1 aliphatic heterocycles. The number of ether oxygens (including phenoxy) is 1. The number of nitrogens with one attached hydrogen (secondary N) is 2. The van der Waals surface area contributed by atoms with Crippen molar-refractivity contribution in [2.24, 2.45) is 0 Å². The third-order valence-electron chi connectivity index (χ3n) is 3.32. The van der Waals surface area contributed by atoms with Crippen molar-refractivity contribution in [3.05, 3.63) is 16.1 Å². The van der Waals surface area contributed by atoms with Crippen LogP contribution in [-0.2, 0) is 11.2 Å². The quantitative estimate of drug-likeness (QED) is 0.734. The lowest BCUT2D eigenvalue weighted by molar-refractivity contribution is 0.0229.